The highest BCUT2D eigenvalue weighted by Crippen LogP contribution is 2.17. The lowest BCUT2D eigenvalue weighted by atomic mass is 10.1. The first kappa shape index (κ1) is 17.0. The predicted molar refractivity (Wildman–Crippen MR) is 86.7 cm³/mol. The largest absolute Gasteiger partial charge is 0.497 e. The topological polar surface area (TPSA) is 98.5 Å². The van der Waals surface area contributed by atoms with Gasteiger partial charge < -0.3 is 10.1 Å². The molecule has 1 unspecified atom stereocenters. The van der Waals surface area contributed by atoms with Crippen LogP contribution in [0.4, 0.5) is 0 Å². The number of carbonyl (C=O) groups excluding carboxylic acids is 1. The minimum Gasteiger partial charge on any atom is -0.497 e. The van der Waals surface area contributed by atoms with Gasteiger partial charge in [-0.25, -0.2) is 13.6 Å². The molecule has 2 aromatic carbocycles. The maximum Gasteiger partial charge on any atom is 0.251 e. The van der Waals surface area contributed by atoms with Gasteiger partial charge in [-0.15, -0.1) is 0 Å². The second kappa shape index (κ2) is 6.80. The van der Waals surface area contributed by atoms with Crippen molar-refractivity contribution in [1.29, 1.82) is 0 Å². The Hall–Kier alpha value is -2.38. The quantitative estimate of drug-likeness (QED) is 0.871. The van der Waals surface area contributed by atoms with Crippen molar-refractivity contribution in [3.05, 3.63) is 59.7 Å². The van der Waals surface area contributed by atoms with Crippen LogP contribution in [0.25, 0.3) is 0 Å². The maximum absolute atomic E-state index is 12.2. The Morgan fingerprint density at radius 2 is 1.83 bits per heavy atom. The molecule has 2 aromatic rings. The average molecular weight is 334 g/mol. The van der Waals surface area contributed by atoms with Gasteiger partial charge in [0.1, 0.15) is 5.75 Å². The summed E-state index contributed by atoms with van der Waals surface area (Å²) in [4.78, 5) is 12.3. The van der Waals surface area contributed by atoms with Crippen molar-refractivity contribution in [1.82, 2.24) is 5.32 Å². The molecule has 0 aromatic heterocycles. The second-order valence-corrected chi connectivity index (χ2v) is 6.60. The Bertz CT molecular complexity index is 801. The lowest BCUT2D eigenvalue weighted by Crippen LogP contribution is -2.26. The standard InChI is InChI=1S/C16H18N2O4S/c1-11(12-6-8-15(9-7-12)23(17,20)21)18-16(19)13-4-3-5-14(10-13)22-2/h3-11H,1-2H3,(H,18,19)(H2,17,20,21). The van der Waals surface area contributed by atoms with E-state index in [0.717, 1.165) is 5.56 Å². The van der Waals surface area contributed by atoms with Crippen molar-refractivity contribution >= 4 is 15.9 Å². The van der Waals surface area contributed by atoms with E-state index in [1.807, 2.05) is 6.92 Å². The number of benzene rings is 2. The van der Waals surface area contributed by atoms with Gasteiger partial charge in [-0.1, -0.05) is 18.2 Å². The Balaban J connectivity index is 2.11. The van der Waals surface area contributed by atoms with Crippen LogP contribution in [-0.4, -0.2) is 21.4 Å². The molecule has 7 heteroatoms. The van der Waals surface area contributed by atoms with Crippen LogP contribution >= 0.6 is 0 Å². The molecule has 0 aliphatic heterocycles. The number of carbonyl (C=O) groups is 1. The molecule has 0 bridgehead atoms. The molecule has 0 heterocycles. The van der Waals surface area contributed by atoms with Crippen molar-refractivity contribution < 1.29 is 17.9 Å². The smallest absolute Gasteiger partial charge is 0.251 e. The lowest BCUT2D eigenvalue weighted by molar-refractivity contribution is 0.0939. The minimum absolute atomic E-state index is 0.0348. The van der Waals surface area contributed by atoms with E-state index in [4.69, 9.17) is 9.88 Å². The van der Waals surface area contributed by atoms with E-state index < -0.39 is 10.0 Å². The van der Waals surface area contributed by atoms with E-state index in [9.17, 15) is 13.2 Å². The Labute approximate surface area is 135 Å². The Morgan fingerprint density at radius 3 is 2.39 bits per heavy atom. The van der Waals surface area contributed by atoms with Gasteiger partial charge in [0, 0.05) is 5.56 Å². The number of sulfonamides is 1. The van der Waals surface area contributed by atoms with Gasteiger partial charge in [0.05, 0.1) is 18.0 Å². The summed E-state index contributed by atoms with van der Waals surface area (Å²) < 4.78 is 27.6. The molecule has 1 amide bonds. The molecule has 0 radical (unpaired) electrons. The van der Waals surface area contributed by atoms with Gasteiger partial charge >= 0.3 is 0 Å². The molecule has 1 atom stereocenters. The first-order chi connectivity index (χ1) is 10.8. The zero-order valence-corrected chi connectivity index (χ0v) is 13.6. The zero-order chi connectivity index (χ0) is 17.0. The van der Waals surface area contributed by atoms with Gasteiger partial charge in [0.25, 0.3) is 5.91 Å². The molecule has 0 aliphatic rings. The van der Waals surface area contributed by atoms with E-state index in [1.165, 1.54) is 19.2 Å². The molecule has 0 spiro atoms. The Morgan fingerprint density at radius 1 is 1.17 bits per heavy atom. The van der Waals surface area contributed by atoms with Gasteiger partial charge in [-0.2, -0.15) is 0 Å². The second-order valence-electron chi connectivity index (χ2n) is 5.04. The van der Waals surface area contributed by atoms with Crippen molar-refractivity contribution in [2.24, 2.45) is 5.14 Å². The molecule has 0 aliphatic carbocycles. The van der Waals surface area contributed by atoms with Gasteiger partial charge in [0.2, 0.25) is 10.0 Å². The summed E-state index contributed by atoms with van der Waals surface area (Å²) in [5.74, 6) is 0.356. The van der Waals surface area contributed by atoms with Crippen LogP contribution in [0, 0.1) is 0 Å². The first-order valence-corrected chi connectivity index (χ1v) is 8.43. The van der Waals surface area contributed by atoms with E-state index in [2.05, 4.69) is 5.32 Å². The highest BCUT2D eigenvalue weighted by atomic mass is 32.2. The van der Waals surface area contributed by atoms with E-state index in [1.54, 1.807) is 36.4 Å². The van der Waals surface area contributed by atoms with Crippen molar-refractivity contribution in [2.45, 2.75) is 17.9 Å². The number of primary sulfonamides is 1. The van der Waals surface area contributed by atoms with Crippen molar-refractivity contribution in [3.8, 4) is 5.75 Å². The monoisotopic (exact) mass is 334 g/mol. The third-order valence-electron chi connectivity index (χ3n) is 3.39. The van der Waals surface area contributed by atoms with Gasteiger partial charge in [-0.05, 0) is 42.8 Å². The lowest BCUT2D eigenvalue weighted by Gasteiger charge is -2.15. The van der Waals surface area contributed by atoms with Crippen molar-refractivity contribution in [3.63, 3.8) is 0 Å². The highest BCUT2D eigenvalue weighted by Gasteiger charge is 2.13. The summed E-state index contributed by atoms with van der Waals surface area (Å²) in [5, 5.41) is 7.90. The average Bonchev–Trinajstić information content (AvgIpc) is 2.54. The number of nitrogens with one attached hydrogen (secondary N) is 1. The fourth-order valence-electron chi connectivity index (χ4n) is 2.07. The van der Waals surface area contributed by atoms with Crippen LogP contribution in [0.3, 0.4) is 0 Å². The molecule has 0 fully saturated rings. The van der Waals surface area contributed by atoms with Gasteiger partial charge in [0.15, 0.2) is 0 Å². The first-order valence-electron chi connectivity index (χ1n) is 6.89. The minimum atomic E-state index is -3.72. The SMILES string of the molecule is COc1cccc(C(=O)NC(C)c2ccc(S(N)(=O)=O)cc2)c1. The van der Waals surface area contributed by atoms with Gasteiger partial charge in [-0.3, -0.25) is 4.79 Å². The molecule has 6 nitrogen and oxygen atoms in total. The van der Waals surface area contributed by atoms with E-state index >= 15 is 0 Å². The number of methoxy groups -OCH3 is 1. The number of ether oxygens (including phenoxy) is 1. The summed E-state index contributed by atoms with van der Waals surface area (Å²) in [7, 11) is -2.19. The molecule has 23 heavy (non-hydrogen) atoms. The van der Waals surface area contributed by atoms with E-state index in [0.29, 0.717) is 11.3 Å². The van der Waals surface area contributed by atoms with Crippen LogP contribution in [0.15, 0.2) is 53.4 Å². The predicted octanol–water partition coefficient (Wildman–Crippen LogP) is 1.83. The summed E-state index contributed by atoms with van der Waals surface area (Å²) in [5.41, 5.74) is 1.26. The molecular weight excluding hydrogens is 316 g/mol. The molecule has 3 N–H and O–H groups in total. The molecule has 2 rings (SSSR count). The molecule has 0 saturated carbocycles. The number of nitrogens with two attached hydrogens (primary N) is 1. The molecule has 122 valence electrons. The fourth-order valence-corrected chi connectivity index (χ4v) is 2.59. The highest BCUT2D eigenvalue weighted by molar-refractivity contribution is 7.89. The van der Waals surface area contributed by atoms with E-state index in [-0.39, 0.29) is 16.8 Å². The third kappa shape index (κ3) is 4.30. The Kier molecular flexibility index (Phi) is 5.02. The molecular formula is C16H18N2O4S. The summed E-state index contributed by atoms with van der Waals surface area (Å²) >= 11 is 0. The number of hydrogen-bond acceptors (Lipinski definition) is 4. The molecule has 0 saturated heterocycles. The fraction of sp³-hybridized carbons (Fsp3) is 0.188. The summed E-state index contributed by atoms with van der Waals surface area (Å²) in [6.07, 6.45) is 0. The number of rotatable bonds is 5. The third-order valence-corrected chi connectivity index (χ3v) is 4.32. The van der Waals surface area contributed by atoms with Crippen LogP contribution in [0.2, 0.25) is 0 Å². The maximum atomic E-state index is 12.2. The van der Waals surface area contributed by atoms with Crippen LogP contribution in [0.5, 0.6) is 5.75 Å². The summed E-state index contributed by atoms with van der Waals surface area (Å²) in [6.45, 7) is 1.81. The number of hydrogen-bond donors (Lipinski definition) is 2. The normalized spacial score (nSPS) is 12.5. The van der Waals surface area contributed by atoms with Crippen LogP contribution in [0.1, 0.15) is 28.9 Å². The van der Waals surface area contributed by atoms with Crippen LogP contribution < -0.4 is 15.2 Å². The van der Waals surface area contributed by atoms with Crippen molar-refractivity contribution in [2.75, 3.05) is 7.11 Å². The summed E-state index contributed by atoms with van der Waals surface area (Å²) in [6, 6.07) is 12.6. The number of amides is 1. The zero-order valence-electron chi connectivity index (χ0n) is 12.8. The van der Waals surface area contributed by atoms with Crippen LogP contribution in [-0.2, 0) is 10.0 Å².